The van der Waals surface area contributed by atoms with Crippen molar-refractivity contribution in [2.75, 3.05) is 87.4 Å². The average molecular weight is 1090 g/mol. The number of nitrogens with one attached hydrogen (secondary N) is 3. The molecule has 3 heterocycles. The quantitative estimate of drug-likeness (QED) is 0.0212. The minimum atomic E-state index is -4.08. The van der Waals surface area contributed by atoms with Gasteiger partial charge < -0.3 is 29.3 Å². The summed E-state index contributed by atoms with van der Waals surface area (Å²) in [5.41, 5.74) is 3.67. The summed E-state index contributed by atoms with van der Waals surface area (Å²) in [5.74, 6) is -4.15. The van der Waals surface area contributed by atoms with Crippen LogP contribution in [0.5, 0.6) is 0 Å². The van der Waals surface area contributed by atoms with Crippen LogP contribution >= 0.6 is 34.2 Å². The lowest BCUT2D eigenvalue weighted by molar-refractivity contribution is -0.132. The molecule has 68 heavy (non-hydrogen) atoms. The molecule has 2 aromatic heterocycles. The summed E-state index contributed by atoms with van der Waals surface area (Å²) in [7, 11) is -4.08. The summed E-state index contributed by atoms with van der Waals surface area (Å²) in [6, 6.07) is 17.3. The monoisotopic (exact) mass is 1090 g/mol. The van der Waals surface area contributed by atoms with Gasteiger partial charge in [0.1, 0.15) is 17.5 Å². The Morgan fingerprint density at radius 2 is 1.43 bits per heavy atom. The zero-order valence-corrected chi connectivity index (χ0v) is 39.6. The molecule has 2 amide bonds. The van der Waals surface area contributed by atoms with E-state index < -0.39 is 44.9 Å². The molecule has 358 valence electrons. The second-order valence-electron chi connectivity index (χ2n) is 14.8. The van der Waals surface area contributed by atoms with Crippen LogP contribution in [0.3, 0.4) is 0 Å². The van der Waals surface area contributed by atoms with Gasteiger partial charge in [-0.1, -0.05) is 17.7 Å². The molecule has 6 aromatic rings. The van der Waals surface area contributed by atoms with Crippen molar-refractivity contribution in [1.82, 2.24) is 25.3 Å². The van der Waals surface area contributed by atoms with Gasteiger partial charge in [-0.05, 0) is 101 Å². The zero-order valence-electron chi connectivity index (χ0n) is 35.8. The number of ether oxygens (including phenoxy) is 3. The van der Waals surface area contributed by atoms with Crippen LogP contribution in [-0.2, 0) is 33.9 Å². The highest BCUT2D eigenvalue weighted by atomic mass is 127. The Bertz CT molecular complexity index is 2870. The van der Waals surface area contributed by atoms with Crippen LogP contribution in [0.1, 0.15) is 16.8 Å². The lowest BCUT2D eigenvalue weighted by Crippen LogP contribution is -2.49. The number of carbonyl (C=O) groups excluding carboxylic acids is 2. The number of amides is 2. The van der Waals surface area contributed by atoms with Crippen molar-refractivity contribution in [3.63, 3.8) is 0 Å². The van der Waals surface area contributed by atoms with Gasteiger partial charge in [0.25, 0.3) is 15.9 Å². The molecular weight excluding hydrogens is 1050 g/mol. The number of hydrogen-bond acceptors (Lipinski definition) is 13. The number of fused-ring (bicyclic) bond motifs is 1. The number of carbonyl (C=O) groups is 2. The van der Waals surface area contributed by atoms with Crippen molar-refractivity contribution < 1.29 is 54.6 Å². The van der Waals surface area contributed by atoms with Gasteiger partial charge in [0.05, 0.1) is 97.4 Å². The normalized spacial score (nSPS) is 12.9. The standard InChI is InChI=1S/C45H42ClF4IN8O8S/c46-44-39(57-68(62,63)32-5-2-30(47)3-6-32)24-29(26-53-44)28-1-9-37-38(23-28)54-40(27-52-37)58-12-14-59(15-13-58)41(60)11-16-64-17-18-65-19-20-66-21-22-67-56-45(61)33-7-8-34(48)42(50)43(33)55-36-10-4-31(51)25-35(36)49/h1-10,23-27,55,57H,11-22H2,(H,56,61). The lowest BCUT2D eigenvalue weighted by atomic mass is 10.1. The Kier molecular flexibility index (Phi) is 17.3. The number of anilines is 4. The molecule has 0 atom stereocenters. The smallest absolute Gasteiger partial charge is 0.277 e. The van der Waals surface area contributed by atoms with Gasteiger partial charge in [-0.15, -0.1) is 0 Å². The van der Waals surface area contributed by atoms with Crippen LogP contribution in [-0.4, -0.2) is 113 Å². The number of nitrogens with zero attached hydrogens (tertiary/aromatic N) is 5. The van der Waals surface area contributed by atoms with Crippen LogP contribution in [0.2, 0.25) is 5.15 Å². The number of rotatable bonds is 21. The maximum atomic E-state index is 14.6. The number of hydrogen-bond donors (Lipinski definition) is 3. The van der Waals surface area contributed by atoms with Crippen molar-refractivity contribution in [1.29, 1.82) is 0 Å². The number of piperazine rings is 1. The third-order valence-electron chi connectivity index (χ3n) is 10.3. The van der Waals surface area contributed by atoms with E-state index in [4.69, 9.17) is 35.6 Å². The summed E-state index contributed by atoms with van der Waals surface area (Å²) < 4.78 is 102. The van der Waals surface area contributed by atoms with E-state index in [-0.39, 0.29) is 85.6 Å². The fourth-order valence-corrected chi connectivity index (χ4v) is 8.45. The molecule has 0 radical (unpaired) electrons. The van der Waals surface area contributed by atoms with Crippen molar-refractivity contribution in [2.24, 2.45) is 0 Å². The van der Waals surface area contributed by atoms with Gasteiger partial charge in [0.2, 0.25) is 5.91 Å². The van der Waals surface area contributed by atoms with E-state index >= 15 is 0 Å². The first-order valence-electron chi connectivity index (χ1n) is 20.8. The lowest BCUT2D eigenvalue weighted by Gasteiger charge is -2.35. The van der Waals surface area contributed by atoms with E-state index in [1.165, 1.54) is 18.3 Å². The molecule has 0 saturated carbocycles. The first-order valence-corrected chi connectivity index (χ1v) is 23.8. The molecule has 0 spiro atoms. The molecule has 4 aromatic carbocycles. The number of pyridine rings is 1. The van der Waals surface area contributed by atoms with E-state index in [1.54, 1.807) is 29.3 Å². The molecule has 1 aliphatic rings. The van der Waals surface area contributed by atoms with Crippen LogP contribution in [0.15, 0.2) is 96.2 Å². The third-order valence-corrected chi connectivity index (χ3v) is 12.6. The van der Waals surface area contributed by atoms with Gasteiger partial charge in [0.15, 0.2) is 16.8 Å². The Morgan fingerprint density at radius 3 is 2.15 bits per heavy atom. The van der Waals surface area contributed by atoms with Gasteiger partial charge >= 0.3 is 0 Å². The van der Waals surface area contributed by atoms with E-state index in [0.717, 1.165) is 36.4 Å². The minimum absolute atomic E-state index is 0.0400. The fourth-order valence-electron chi connectivity index (χ4n) is 6.73. The number of benzene rings is 4. The van der Waals surface area contributed by atoms with Gasteiger partial charge in [-0.2, -0.15) is 0 Å². The number of halogens is 6. The highest BCUT2D eigenvalue weighted by Gasteiger charge is 2.24. The average Bonchev–Trinajstić information content (AvgIpc) is 3.33. The highest BCUT2D eigenvalue weighted by molar-refractivity contribution is 14.1. The third kappa shape index (κ3) is 13.3. The van der Waals surface area contributed by atoms with Gasteiger partial charge in [-0.3, -0.25) is 24.1 Å². The predicted molar refractivity (Wildman–Crippen MR) is 253 cm³/mol. The maximum Gasteiger partial charge on any atom is 0.277 e. The van der Waals surface area contributed by atoms with Gasteiger partial charge in [0, 0.05) is 41.5 Å². The molecular formula is C45H42ClF4IN8O8S. The van der Waals surface area contributed by atoms with Crippen LogP contribution in [0.25, 0.3) is 22.2 Å². The predicted octanol–water partition coefficient (Wildman–Crippen LogP) is 7.50. The number of hydroxylamine groups is 1. The van der Waals surface area contributed by atoms with Crippen LogP contribution < -0.4 is 20.4 Å². The van der Waals surface area contributed by atoms with Crippen molar-refractivity contribution in [3.05, 3.63) is 129 Å². The Labute approximate surface area is 406 Å². The Balaban J connectivity index is 0.762. The molecule has 16 nitrogen and oxygen atoms in total. The van der Waals surface area contributed by atoms with Crippen LogP contribution in [0.4, 0.5) is 40.4 Å². The molecule has 0 unspecified atom stereocenters. The van der Waals surface area contributed by atoms with Crippen LogP contribution in [0, 0.1) is 26.8 Å². The second-order valence-corrected chi connectivity index (χ2v) is 18.1. The van der Waals surface area contributed by atoms with Gasteiger partial charge in [-0.25, -0.2) is 41.4 Å². The second kappa shape index (κ2) is 23.5. The summed E-state index contributed by atoms with van der Waals surface area (Å²) in [6.07, 6.45) is 3.39. The molecule has 1 saturated heterocycles. The minimum Gasteiger partial charge on any atom is -0.379 e. The zero-order chi connectivity index (χ0) is 48.2. The van der Waals surface area contributed by atoms with Crippen molar-refractivity contribution in [2.45, 2.75) is 11.3 Å². The summed E-state index contributed by atoms with van der Waals surface area (Å²) in [4.78, 5) is 48.0. The SMILES string of the molecule is O=C(NOCCOCCOCCOCCC(=O)N1CCN(c2cnc3ccc(-c4cnc(Cl)c(NS(=O)(=O)c5ccc(F)cc5)c4)cc3n2)CC1)c1ccc(F)c(F)c1Nc1ccc(I)cc1F. The molecule has 23 heteroatoms. The van der Waals surface area contributed by atoms with E-state index in [9.17, 15) is 35.6 Å². The fraction of sp³-hybridized carbons (Fsp3) is 0.267. The van der Waals surface area contributed by atoms with E-state index in [0.29, 0.717) is 57.7 Å². The Morgan fingerprint density at radius 1 is 0.721 bits per heavy atom. The molecule has 0 aliphatic carbocycles. The molecule has 1 fully saturated rings. The topological polar surface area (TPSA) is 186 Å². The van der Waals surface area contributed by atoms with E-state index in [2.05, 4.69) is 25.5 Å². The maximum absolute atomic E-state index is 14.6. The highest BCUT2D eigenvalue weighted by Crippen LogP contribution is 2.31. The van der Waals surface area contributed by atoms with Crippen molar-refractivity contribution in [3.8, 4) is 11.1 Å². The molecule has 1 aliphatic heterocycles. The van der Waals surface area contributed by atoms with Crippen molar-refractivity contribution >= 4 is 89.9 Å². The van der Waals surface area contributed by atoms with E-state index in [1.807, 2.05) is 39.6 Å². The number of aromatic nitrogens is 3. The molecule has 3 N–H and O–H groups in total. The summed E-state index contributed by atoms with van der Waals surface area (Å²) in [6.45, 7) is 3.26. The summed E-state index contributed by atoms with van der Waals surface area (Å²) >= 11 is 8.15. The largest absolute Gasteiger partial charge is 0.379 e. The first kappa shape index (κ1) is 50.1. The summed E-state index contributed by atoms with van der Waals surface area (Å²) in [5, 5.41) is 2.38. The number of sulfonamides is 1. The molecule has 0 bridgehead atoms. The molecule has 7 rings (SSSR count). The Hall–Kier alpha value is -5.76. The first-order chi connectivity index (χ1) is 32.8.